The van der Waals surface area contributed by atoms with Gasteiger partial charge in [0, 0.05) is 26.4 Å². The zero-order chi connectivity index (χ0) is 17.5. The van der Waals surface area contributed by atoms with Crippen molar-refractivity contribution in [3.63, 3.8) is 0 Å². The van der Waals surface area contributed by atoms with Gasteiger partial charge in [-0.05, 0) is 24.8 Å². The molecule has 2 N–H and O–H groups in total. The molecule has 0 amide bonds. The number of alkyl halides is 3. The van der Waals surface area contributed by atoms with Crippen LogP contribution in [0, 0.1) is 0 Å². The van der Waals surface area contributed by atoms with Gasteiger partial charge in [-0.15, -0.1) is 0 Å². The molecule has 0 aliphatic heterocycles. The van der Waals surface area contributed by atoms with Crippen LogP contribution in [0.25, 0.3) is 11.4 Å². The number of hydrogen-bond donors (Lipinski definition) is 1. The van der Waals surface area contributed by atoms with Crippen molar-refractivity contribution in [2.45, 2.75) is 31.5 Å². The summed E-state index contributed by atoms with van der Waals surface area (Å²) in [6.07, 6.45) is 0.457. The van der Waals surface area contributed by atoms with Crippen molar-refractivity contribution in [3.05, 3.63) is 29.6 Å². The molecule has 3 rings (SSSR count). The van der Waals surface area contributed by atoms with Gasteiger partial charge in [0.05, 0.1) is 11.7 Å². The van der Waals surface area contributed by atoms with Crippen molar-refractivity contribution in [2.75, 3.05) is 12.8 Å². The number of methoxy groups -OCH3 is 1. The van der Waals surface area contributed by atoms with Crippen LogP contribution in [0.2, 0.25) is 0 Å². The lowest BCUT2D eigenvalue weighted by Gasteiger charge is -2.21. The van der Waals surface area contributed by atoms with Gasteiger partial charge in [0.15, 0.2) is 11.5 Å². The van der Waals surface area contributed by atoms with Crippen LogP contribution in [-0.4, -0.2) is 32.8 Å². The number of allylic oxidation sites excluding steroid dienone is 1. The quantitative estimate of drug-likeness (QED) is 0.932. The van der Waals surface area contributed by atoms with Crippen molar-refractivity contribution in [1.82, 2.24) is 19.6 Å². The highest BCUT2D eigenvalue weighted by Gasteiger charge is 2.40. The fourth-order valence-electron chi connectivity index (χ4n) is 2.89. The van der Waals surface area contributed by atoms with E-state index in [0.717, 1.165) is 4.68 Å². The van der Waals surface area contributed by atoms with E-state index in [1.807, 2.05) is 0 Å². The Morgan fingerprint density at radius 3 is 2.58 bits per heavy atom. The lowest BCUT2D eigenvalue weighted by Crippen LogP contribution is -2.15. The molecule has 1 aliphatic rings. The van der Waals surface area contributed by atoms with Gasteiger partial charge in [-0.1, -0.05) is 6.08 Å². The summed E-state index contributed by atoms with van der Waals surface area (Å²) in [5.74, 6) is 0.195. The zero-order valence-electron chi connectivity index (χ0n) is 13.3. The highest BCUT2D eigenvalue weighted by atomic mass is 19.4. The smallest absolute Gasteiger partial charge is 0.383 e. The third-order valence-corrected chi connectivity index (χ3v) is 4.12. The van der Waals surface area contributed by atoms with Gasteiger partial charge in [0.1, 0.15) is 5.82 Å². The van der Waals surface area contributed by atoms with Gasteiger partial charge >= 0.3 is 6.18 Å². The SMILES string of the molecule is COC1CC=C(c2c(C(F)(F)F)nn(-c3ccn(C)n3)c2N)CC1. The van der Waals surface area contributed by atoms with Crippen molar-refractivity contribution in [3.8, 4) is 5.82 Å². The molecule has 130 valence electrons. The number of ether oxygens (including phenoxy) is 1. The highest BCUT2D eigenvalue weighted by molar-refractivity contribution is 5.77. The average molecular weight is 341 g/mol. The minimum atomic E-state index is -4.59. The van der Waals surface area contributed by atoms with E-state index in [0.29, 0.717) is 24.8 Å². The molecule has 0 bridgehead atoms. The van der Waals surface area contributed by atoms with Gasteiger partial charge in [-0.25, -0.2) is 0 Å². The number of anilines is 1. The first-order valence-electron chi connectivity index (χ1n) is 7.49. The Kier molecular flexibility index (Phi) is 4.12. The van der Waals surface area contributed by atoms with E-state index in [4.69, 9.17) is 10.5 Å². The molecule has 2 heterocycles. The summed E-state index contributed by atoms with van der Waals surface area (Å²) < 4.78 is 48.1. The third kappa shape index (κ3) is 2.91. The molecule has 2 aromatic rings. The Bertz CT molecular complexity index is 775. The zero-order valence-corrected chi connectivity index (χ0v) is 13.3. The van der Waals surface area contributed by atoms with E-state index in [9.17, 15) is 13.2 Å². The molecule has 0 aromatic carbocycles. The Labute approximate surface area is 136 Å². The molecule has 1 aliphatic carbocycles. The summed E-state index contributed by atoms with van der Waals surface area (Å²) in [6, 6.07) is 1.56. The molecule has 6 nitrogen and oxygen atoms in total. The maximum absolute atomic E-state index is 13.5. The van der Waals surface area contributed by atoms with E-state index < -0.39 is 11.9 Å². The normalized spacial score (nSPS) is 18.7. The standard InChI is InChI=1S/C15H18F3N5O/c1-22-8-7-11(20-22)23-14(19)12(13(21-23)15(16,17)18)9-3-5-10(24-2)6-4-9/h3,7-8,10H,4-6,19H2,1-2H3. The number of nitrogens with two attached hydrogens (primary N) is 1. The molecule has 24 heavy (non-hydrogen) atoms. The van der Waals surface area contributed by atoms with Gasteiger partial charge in [0.2, 0.25) is 0 Å². The van der Waals surface area contributed by atoms with Gasteiger partial charge in [-0.2, -0.15) is 28.1 Å². The minimum absolute atomic E-state index is 0.0233. The first-order chi connectivity index (χ1) is 11.3. The van der Waals surface area contributed by atoms with Crippen molar-refractivity contribution in [1.29, 1.82) is 0 Å². The Hall–Kier alpha value is -2.29. The number of nitrogens with zero attached hydrogens (tertiary/aromatic N) is 4. The highest BCUT2D eigenvalue weighted by Crippen LogP contribution is 2.41. The summed E-state index contributed by atoms with van der Waals surface area (Å²) >= 11 is 0. The van der Waals surface area contributed by atoms with Crippen LogP contribution in [0.4, 0.5) is 19.0 Å². The van der Waals surface area contributed by atoms with Crippen LogP contribution in [0.1, 0.15) is 30.5 Å². The lowest BCUT2D eigenvalue weighted by molar-refractivity contribution is -0.141. The first kappa shape index (κ1) is 16.6. The second-order valence-electron chi connectivity index (χ2n) is 5.73. The number of hydrogen-bond acceptors (Lipinski definition) is 4. The summed E-state index contributed by atoms with van der Waals surface area (Å²) in [6.45, 7) is 0. The van der Waals surface area contributed by atoms with Crippen LogP contribution in [0.5, 0.6) is 0 Å². The maximum atomic E-state index is 13.5. The Balaban J connectivity index is 2.11. The fourth-order valence-corrected chi connectivity index (χ4v) is 2.89. The number of rotatable bonds is 3. The van der Waals surface area contributed by atoms with E-state index in [-0.39, 0.29) is 23.3 Å². The number of aryl methyl sites for hydroxylation is 1. The lowest BCUT2D eigenvalue weighted by atomic mass is 9.91. The van der Waals surface area contributed by atoms with Crippen molar-refractivity contribution >= 4 is 11.4 Å². The van der Waals surface area contributed by atoms with E-state index in [1.54, 1.807) is 32.5 Å². The second-order valence-corrected chi connectivity index (χ2v) is 5.73. The van der Waals surface area contributed by atoms with Crippen LogP contribution in [-0.2, 0) is 18.0 Å². The molecule has 0 saturated carbocycles. The van der Waals surface area contributed by atoms with Crippen LogP contribution >= 0.6 is 0 Å². The maximum Gasteiger partial charge on any atom is 0.435 e. The molecule has 0 fully saturated rings. The minimum Gasteiger partial charge on any atom is -0.383 e. The van der Waals surface area contributed by atoms with Gasteiger partial charge < -0.3 is 10.5 Å². The molecule has 0 radical (unpaired) electrons. The molecular formula is C15H18F3N5O. The van der Waals surface area contributed by atoms with Crippen LogP contribution in [0.3, 0.4) is 0 Å². The summed E-state index contributed by atoms with van der Waals surface area (Å²) in [5.41, 5.74) is 5.54. The second kappa shape index (κ2) is 5.97. The largest absolute Gasteiger partial charge is 0.435 e. The van der Waals surface area contributed by atoms with Crippen LogP contribution < -0.4 is 5.73 Å². The number of aromatic nitrogens is 4. The molecule has 0 saturated heterocycles. The van der Waals surface area contributed by atoms with Crippen molar-refractivity contribution in [2.24, 2.45) is 7.05 Å². The number of nitrogen functional groups attached to an aromatic ring is 1. The molecule has 0 spiro atoms. The van der Waals surface area contributed by atoms with Gasteiger partial charge in [0.25, 0.3) is 0 Å². The molecular weight excluding hydrogens is 323 g/mol. The molecule has 1 unspecified atom stereocenters. The fraction of sp³-hybridized carbons (Fsp3) is 0.467. The predicted octanol–water partition coefficient (Wildman–Crippen LogP) is 2.79. The number of halogens is 3. The summed E-state index contributed by atoms with van der Waals surface area (Å²) in [4.78, 5) is 0. The summed E-state index contributed by atoms with van der Waals surface area (Å²) in [5, 5.41) is 7.78. The van der Waals surface area contributed by atoms with E-state index in [2.05, 4.69) is 10.2 Å². The monoisotopic (exact) mass is 341 g/mol. The van der Waals surface area contributed by atoms with Gasteiger partial charge in [-0.3, -0.25) is 4.68 Å². The van der Waals surface area contributed by atoms with Crippen molar-refractivity contribution < 1.29 is 17.9 Å². The predicted molar refractivity (Wildman–Crippen MR) is 82.4 cm³/mol. The molecule has 2 aromatic heterocycles. The van der Waals surface area contributed by atoms with E-state index >= 15 is 0 Å². The Morgan fingerprint density at radius 1 is 1.33 bits per heavy atom. The topological polar surface area (TPSA) is 70.9 Å². The summed E-state index contributed by atoms with van der Waals surface area (Å²) in [7, 11) is 3.27. The average Bonchev–Trinajstić information content (AvgIpc) is 3.10. The molecule has 9 heteroatoms. The Morgan fingerprint density at radius 2 is 2.08 bits per heavy atom. The first-order valence-corrected chi connectivity index (χ1v) is 7.49. The molecule has 1 atom stereocenters. The third-order valence-electron chi connectivity index (χ3n) is 4.12. The van der Waals surface area contributed by atoms with E-state index in [1.165, 1.54) is 4.68 Å². The van der Waals surface area contributed by atoms with Crippen LogP contribution in [0.15, 0.2) is 18.3 Å².